The van der Waals surface area contributed by atoms with Crippen molar-refractivity contribution in [3.63, 3.8) is 0 Å². The normalized spacial score (nSPS) is 13.5. The summed E-state index contributed by atoms with van der Waals surface area (Å²) in [5, 5.41) is 3.05. The van der Waals surface area contributed by atoms with Gasteiger partial charge < -0.3 is 14.8 Å². The van der Waals surface area contributed by atoms with Crippen LogP contribution in [0.2, 0.25) is 0 Å². The van der Waals surface area contributed by atoms with E-state index < -0.39 is 0 Å². The first-order chi connectivity index (χ1) is 12.2. The summed E-state index contributed by atoms with van der Waals surface area (Å²) in [6.45, 7) is 2.24. The van der Waals surface area contributed by atoms with Gasteiger partial charge in [0, 0.05) is 4.88 Å². The first-order valence-corrected chi connectivity index (χ1v) is 8.88. The molecule has 1 aliphatic rings. The highest BCUT2D eigenvalue weighted by Crippen LogP contribution is 2.38. The lowest BCUT2D eigenvalue weighted by molar-refractivity contribution is 0.0944. The van der Waals surface area contributed by atoms with Crippen molar-refractivity contribution in [2.45, 2.75) is 13.0 Å². The highest BCUT2D eigenvalue weighted by atomic mass is 32.1. The van der Waals surface area contributed by atoms with Crippen molar-refractivity contribution in [3.05, 3.63) is 71.1 Å². The molecule has 0 fully saturated rings. The van der Waals surface area contributed by atoms with Crippen LogP contribution in [0.3, 0.4) is 0 Å². The maximum atomic E-state index is 12.5. The average molecular weight is 351 g/mol. The Bertz CT molecular complexity index is 904. The quantitative estimate of drug-likeness (QED) is 0.745. The molecule has 2 heterocycles. The summed E-state index contributed by atoms with van der Waals surface area (Å²) in [6.07, 6.45) is 0. The molecule has 0 saturated heterocycles. The fourth-order valence-corrected chi connectivity index (χ4v) is 3.66. The summed E-state index contributed by atoms with van der Waals surface area (Å²) >= 11 is 1.47. The predicted molar refractivity (Wildman–Crippen MR) is 98.2 cm³/mol. The molecule has 2 aromatic carbocycles. The van der Waals surface area contributed by atoms with Gasteiger partial charge in [0.2, 0.25) is 6.79 Å². The van der Waals surface area contributed by atoms with E-state index in [0.717, 1.165) is 27.5 Å². The Balaban J connectivity index is 1.50. The molecule has 1 N–H and O–H groups in total. The van der Waals surface area contributed by atoms with Crippen LogP contribution in [-0.2, 0) is 0 Å². The molecule has 4 rings (SSSR count). The molecule has 5 heteroatoms. The Morgan fingerprint density at radius 3 is 2.68 bits per heavy atom. The molecule has 0 radical (unpaired) electrons. The first-order valence-electron chi connectivity index (χ1n) is 8.06. The Kier molecular flexibility index (Phi) is 4.15. The van der Waals surface area contributed by atoms with Crippen LogP contribution in [0, 0.1) is 0 Å². The molecule has 1 aromatic heterocycles. The molecule has 25 heavy (non-hydrogen) atoms. The zero-order valence-corrected chi connectivity index (χ0v) is 14.5. The minimum Gasteiger partial charge on any atom is -0.454 e. The minimum atomic E-state index is -0.0617. The maximum absolute atomic E-state index is 12.5. The van der Waals surface area contributed by atoms with Crippen LogP contribution in [-0.4, -0.2) is 12.7 Å². The van der Waals surface area contributed by atoms with Gasteiger partial charge in [0.15, 0.2) is 11.5 Å². The van der Waals surface area contributed by atoms with Gasteiger partial charge in [-0.15, -0.1) is 11.3 Å². The van der Waals surface area contributed by atoms with Crippen LogP contribution in [0.25, 0.3) is 10.4 Å². The second-order valence-electron chi connectivity index (χ2n) is 5.84. The lowest BCUT2D eigenvalue weighted by Gasteiger charge is -2.13. The molecule has 4 nitrogen and oxygen atoms in total. The van der Waals surface area contributed by atoms with Crippen molar-refractivity contribution in [2.75, 3.05) is 6.79 Å². The van der Waals surface area contributed by atoms with E-state index in [1.165, 1.54) is 11.3 Å². The largest absolute Gasteiger partial charge is 0.454 e. The third kappa shape index (κ3) is 3.23. The lowest BCUT2D eigenvalue weighted by atomic mass is 10.1. The molecule has 0 spiro atoms. The number of hydrogen-bond donors (Lipinski definition) is 1. The summed E-state index contributed by atoms with van der Waals surface area (Å²) in [6, 6.07) is 19.5. The number of nitrogens with one attached hydrogen (secondary N) is 1. The van der Waals surface area contributed by atoms with Crippen molar-refractivity contribution >= 4 is 17.2 Å². The van der Waals surface area contributed by atoms with Gasteiger partial charge in [0.1, 0.15) is 0 Å². The zero-order chi connectivity index (χ0) is 17.2. The number of rotatable bonds is 4. The molecule has 126 valence electrons. The van der Waals surface area contributed by atoms with Crippen LogP contribution < -0.4 is 14.8 Å². The molecule has 1 unspecified atom stereocenters. The molecule has 1 atom stereocenters. The molecule has 0 saturated carbocycles. The van der Waals surface area contributed by atoms with Crippen LogP contribution >= 0.6 is 11.3 Å². The fourth-order valence-electron chi connectivity index (χ4n) is 2.76. The van der Waals surface area contributed by atoms with Crippen molar-refractivity contribution in [3.8, 4) is 21.9 Å². The molecule has 0 aliphatic carbocycles. The Hall–Kier alpha value is -2.79. The number of carbonyl (C=O) groups is 1. The van der Waals surface area contributed by atoms with Crippen molar-refractivity contribution in [1.29, 1.82) is 0 Å². The average Bonchev–Trinajstić information content (AvgIpc) is 3.31. The molecular formula is C20H17NO3S. The van der Waals surface area contributed by atoms with Gasteiger partial charge in [0.25, 0.3) is 5.91 Å². The van der Waals surface area contributed by atoms with E-state index in [9.17, 15) is 4.79 Å². The molecule has 0 bridgehead atoms. The smallest absolute Gasteiger partial charge is 0.261 e. The number of ether oxygens (including phenoxy) is 2. The Morgan fingerprint density at radius 2 is 1.84 bits per heavy atom. The molecule has 3 aromatic rings. The van der Waals surface area contributed by atoms with E-state index >= 15 is 0 Å². The summed E-state index contributed by atoms with van der Waals surface area (Å²) < 4.78 is 10.8. The third-order valence-corrected chi connectivity index (χ3v) is 5.27. The minimum absolute atomic E-state index is 0.0372. The van der Waals surface area contributed by atoms with Crippen LogP contribution in [0.1, 0.15) is 28.2 Å². The zero-order valence-electron chi connectivity index (χ0n) is 13.7. The highest BCUT2D eigenvalue weighted by Gasteiger charge is 2.17. The highest BCUT2D eigenvalue weighted by molar-refractivity contribution is 7.17. The summed E-state index contributed by atoms with van der Waals surface area (Å²) in [4.78, 5) is 14.2. The SMILES string of the molecule is CC(NC(=O)c1ccc(-c2ccc3c(c2)OCO3)s1)c1ccccc1. The van der Waals surface area contributed by atoms with Crippen LogP contribution in [0.4, 0.5) is 0 Å². The Labute approximate surface area is 150 Å². The number of benzene rings is 2. The van der Waals surface area contributed by atoms with Gasteiger partial charge in [-0.1, -0.05) is 30.3 Å². The van der Waals surface area contributed by atoms with E-state index in [1.807, 2.05) is 67.6 Å². The van der Waals surface area contributed by atoms with Gasteiger partial charge in [-0.25, -0.2) is 0 Å². The van der Waals surface area contributed by atoms with Gasteiger partial charge in [0.05, 0.1) is 10.9 Å². The van der Waals surface area contributed by atoms with Crippen molar-refractivity contribution < 1.29 is 14.3 Å². The van der Waals surface area contributed by atoms with E-state index in [4.69, 9.17) is 9.47 Å². The second-order valence-corrected chi connectivity index (χ2v) is 6.92. The standard InChI is InChI=1S/C20H17NO3S/c1-13(14-5-3-2-4-6-14)21-20(22)19-10-9-18(25-19)15-7-8-16-17(11-15)24-12-23-16/h2-11,13H,12H2,1H3,(H,21,22). The topological polar surface area (TPSA) is 47.6 Å². The number of amides is 1. The maximum Gasteiger partial charge on any atom is 0.261 e. The summed E-state index contributed by atoms with van der Waals surface area (Å²) in [7, 11) is 0. The van der Waals surface area contributed by atoms with Gasteiger partial charge in [-0.05, 0) is 48.4 Å². The first kappa shape index (κ1) is 15.7. The monoisotopic (exact) mass is 351 g/mol. The predicted octanol–water partition coefficient (Wildman–Crippen LogP) is 4.63. The summed E-state index contributed by atoms with van der Waals surface area (Å²) in [5.74, 6) is 1.44. The second kappa shape index (κ2) is 6.61. The van der Waals surface area contributed by atoms with Gasteiger partial charge in [-0.3, -0.25) is 4.79 Å². The third-order valence-electron chi connectivity index (χ3n) is 4.13. The van der Waals surface area contributed by atoms with E-state index in [2.05, 4.69) is 5.32 Å². The van der Waals surface area contributed by atoms with Crippen molar-refractivity contribution in [2.24, 2.45) is 0 Å². The van der Waals surface area contributed by atoms with Crippen LogP contribution in [0.15, 0.2) is 60.7 Å². The van der Waals surface area contributed by atoms with E-state index in [1.54, 1.807) is 0 Å². The lowest BCUT2D eigenvalue weighted by Crippen LogP contribution is -2.25. The molecule has 1 amide bonds. The fraction of sp³-hybridized carbons (Fsp3) is 0.150. The van der Waals surface area contributed by atoms with E-state index in [-0.39, 0.29) is 18.7 Å². The number of thiophene rings is 1. The molecular weight excluding hydrogens is 334 g/mol. The number of fused-ring (bicyclic) bond motifs is 1. The van der Waals surface area contributed by atoms with Gasteiger partial charge >= 0.3 is 0 Å². The number of carbonyl (C=O) groups excluding carboxylic acids is 1. The molecule has 1 aliphatic heterocycles. The Morgan fingerprint density at radius 1 is 1.04 bits per heavy atom. The summed E-state index contributed by atoms with van der Waals surface area (Å²) in [5.41, 5.74) is 2.10. The number of hydrogen-bond acceptors (Lipinski definition) is 4. The van der Waals surface area contributed by atoms with E-state index in [0.29, 0.717) is 4.88 Å². The van der Waals surface area contributed by atoms with Gasteiger partial charge in [-0.2, -0.15) is 0 Å². The van der Waals surface area contributed by atoms with Crippen LogP contribution in [0.5, 0.6) is 11.5 Å². The van der Waals surface area contributed by atoms with Crippen molar-refractivity contribution in [1.82, 2.24) is 5.32 Å².